The van der Waals surface area contributed by atoms with Crippen LogP contribution in [0.2, 0.25) is 0 Å². The second kappa shape index (κ2) is 11.4. The van der Waals surface area contributed by atoms with Crippen molar-refractivity contribution >= 4 is 29.8 Å². The summed E-state index contributed by atoms with van der Waals surface area (Å²) in [6, 6.07) is 7.11. The summed E-state index contributed by atoms with van der Waals surface area (Å²) in [5.41, 5.74) is -1.27. The SMILES string of the molecule is CN1C(=O)C2CN(C(=O)[C@@H](COCc3ccccc3)NC(=O)C(C)(C)NC(=O)OC(C)(C)C)CCN2C1=O. The number of nitrogens with zero attached hydrogens (tertiary/aromatic N) is 3. The third-order valence-electron chi connectivity index (χ3n) is 6.22. The lowest BCUT2D eigenvalue weighted by molar-refractivity contribution is -0.142. The van der Waals surface area contributed by atoms with Crippen LogP contribution in [0, 0.1) is 0 Å². The van der Waals surface area contributed by atoms with Gasteiger partial charge in [-0.2, -0.15) is 0 Å². The van der Waals surface area contributed by atoms with Crippen LogP contribution < -0.4 is 10.6 Å². The number of amides is 6. The first kappa shape index (κ1) is 28.9. The van der Waals surface area contributed by atoms with E-state index in [1.54, 1.807) is 20.8 Å². The third-order valence-corrected chi connectivity index (χ3v) is 6.22. The highest BCUT2D eigenvalue weighted by Crippen LogP contribution is 2.21. The van der Waals surface area contributed by atoms with Gasteiger partial charge in [-0.3, -0.25) is 19.3 Å². The van der Waals surface area contributed by atoms with E-state index in [9.17, 15) is 24.0 Å². The first-order valence-electron chi connectivity index (χ1n) is 12.5. The molecule has 2 aliphatic rings. The highest BCUT2D eigenvalue weighted by atomic mass is 16.6. The number of hydrogen-bond acceptors (Lipinski definition) is 7. The summed E-state index contributed by atoms with van der Waals surface area (Å²) in [5, 5.41) is 5.23. The molecule has 1 unspecified atom stereocenters. The Bertz CT molecular complexity index is 1070. The Morgan fingerprint density at radius 1 is 1.05 bits per heavy atom. The van der Waals surface area contributed by atoms with Crippen molar-refractivity contribution < 1.29 is 33.4 Å². The van der Waals surface area contributed by atoms with Crippen LogP contribution in [0.15, 0.2) is 30.3 Å². The number of imide groups is 1. The van der Waals surface area contributed by atoms with Crippen molar-refractivity contribution in [3.63, 3.8) is 0 Å². The number of fused-ring (bicyclic) bond motifs is 1. The number of benzene rings is 1. The van der Waals surface area contributed by atoms with Crippen molar-refractivity contribution in [2.24, 2.45) is 0 Å². The largest absolute Gasteiger partial charge is 0.444 e. The van der Waals surface area contributed by atoms with Gasteiger partial charge in [-0.15, -0.1) is 0 Å². The average Bonchev–Trinajstić information content (AvgIpc) is 3.05. The van der Waals surface area contributed by atoms with Crippen molar-refractivity contribution in [1.82, 2.24) is 25.3 Å². The van der Waals surface area contributed by atoms with Crippen molar-refractivity contribution in [2.45, 2.75) is 64.4 Å². The van der Waals surface area contributed by atoms with E-state index in [4.69, 9.17) is 9.47 Å². The van der Waals surface area contributed by atoms with Gasteiger partial charge in [-0.1, -0.05) is 30.3 Å². The Morgan fingerprint density at radius 2 is 1.71 bits per heavy atom. The minimum Gasteiger partial charge on any atom is -0.444 e. The number of nitrogens with one attached hydrogen (secondary N) is 2. The molecule has 208 valence electrons. The Hall–Kier alpha value is -3.67. The Morgan fingerprint density at radius 3 is 2.34 bits per heavy atom. The van der Waals surface area contributed by atoms with E-state index in [1.165, 1.54) is 30.7 Å². The fraction of sp³-hybridized carbons (Fsp3) is 0.577. The number of ether oxygens (including phenoxy) is 2. The summed E-state index contributed by atoms with van der Waals surface area (Å²) in [6.45, 7) is 8.60. The van der Waals surface area contributed by atoms with Crippen LogP contribution in [0.3, 0.4) is 0 Å². The normalized spacial score (nSPS) is 18.7. The summed E-state index contributed by atoms with van der Waals surface area (Å²) in [4.78, 5) is 67.8. The topological polar surface area (TPSA) is 138 Å². The Kier molecular flexibility index (Phi) is 8.65. The molecule has 2 saturated heterocycles. The number of likely N-dealkylation sites (N-methyl/N-ethyl adjacent to an activating group) is 1. The highest BCUT2D eigenvalue weighted by molar-refractivity contribution is 6.04. The summed E-state index contributed by atoms with van der Waals surface area (Å²) >= 11 is 0. The molecule has 2 N–H and O–H groups in total. The minimum atomic E-state index is -1.41. The number of hydrogen-bond donors (Lipinski definition) is 2. The quantitative estimate of drug-likeness (QED) is 0.479. The Balaban J connectivity index is 1.71. The Labute approximate surface area is 222 Å². The van der Waals surface area contributed by atoms with Gasteiger partial charge >= 0.3 is 12.1 Å². The van der Waals surface area contributed by atoms with Gasteiger partial charge in [0, 0.05) is 20.1 Å². The van der Waals surface area contributed by atoms with Crippen LogP contribution in [-0.4, -0.2) is 101 Å². The maximum atomic E-state index is 13.6. The van der Waals surface area contributed by atoms with E-state index in [2.05, 4.69) is 10.6 Å². The molecular weight excluding hydrogens is 494 g/mol. The van der Waals surface area contributed by atoms with Gasteiger partial charge in [0.05, 0.1) is 19.8 Å². The molecule has 2 fully saturated rings. The van der Waals surface area contributed by atoms with Crippen LogP contribution in [0.4, 0.5) is 9.59 Å². The van der Waals surface area contributed by atoms with Gasteiger partial charge < -0.3 is 29.9 Å². The molecule has 12 nitrogen and oxygen atoms in total. The lowest BCUT2D eigenvalue weighted by Crippen LogP contribution is -2.63. The third kappa shape index (κ3) is 7.00. The van der Waals surface area contributed by atoms with Crippen molar-refractivity contribution in [1.29, 1.82) is 0 Å². The molecule has 1 aromatic rings. The average molecular weight is 532 g/mol. The second-order valence-corrected chi connectivity index (χ2v) is 11.0. The van der Waals surface area contributed by atoms with Gasteiger partial charge in [0.2, 0.25) is 11.8 Å². The number of rotatable bonds is 8. The van der Waals surface area contributed by atoms with Crippen LogP contribution in [0.5, 0.6) is 0 Å². The minimum absolute atomic E-state index is 0.0123. The summed E-state index contributed by atoms with van der Waals surface area (Å²) in [7, 11) is 1.41. The molecule has 12 heteroatoms. The highest BCUT2D eigenvalue weighted by Gasteiger charge is 2.47. The predicted molar refractivity (Wildman–Crippen MR) is 137 cm³/mol. The summed E-state index contributed by atoms with van der Waals surface area (Å²) in [6.07, 6.45) is -0.773. The molecule has 0 saturated carbocycles. The molecule has 0 spiro atoms. The molecule has 3 rings (SSSR count). The predicted octanol–water partition coefficient (Wildman–Crippen LogP) is 1.10. The maximum absolute atomic E-state index is 13.6. The van der Waals surface area contributed by atoms with E-state index in [0.717, 1.165) is 10.5 Å². The van der Waals surface area contributed by atoms with Crippen LogP contribution >= 0.6 is 0 Å². The molecule has 38 heavy (non-hydrogen) atoms. The van der Waals surface area contributed by atoms with Gasteiger partial charge in [0.15, 0.2) is 0 Å². The van der Waals surface area contributed by atoms with E-state index in [1.807, 2.05) is 30.3 Å². The molecule has 6 amide bonds. The first-order chi connectivity index (χ1) is 17.7. The summed E-state index contributed by atoms with van der Waals surface area (Å²) < 4.78 is 11.0. The number of carbonyl (C=O) groups is 5. The lowest BCUT2D eigenvalue weighted by atomic mass is 10.0. The van der Waals surface area contributed by atoms with Gasteiger partial charge in [-0.05, 0) is 40.2 Å². The van der Waals surface area contributed by atoms with E-state index >= 15 is 0 Å². The second-order valence-electron chi connectivity index (χ2n) is 11.0. The summed E-state index contributed by atoms with van der Waals surface area (Å²) in [5.74, 6) is -1.44. The monoisotopic (exact) mass is 531 g/mol. The van der Waals surface area contributed by atoms with Gasteiger partial charge in [0.25, 0.3) is 5.91 Å². The van der Waals surface area contributed by atoms with Gasteiger partial charge in [-0.25, -0.2) is 9.59 Å². The van der Waals surface area contributed by atoms with E-state index in [-0.39, 0.29) is 38.8 Å². The lowest BCUT2D eigenvalue weighted by Gasteiger charge is -2.37. The standard InChI is InChI=1S/C26H37N5O7/c1-25(2,3)38-23(35)28-26(4,5)22(34)27-18(16-37-15-17-10-8-7-9-11-17)20(32)30-12-13-31-19(14-30)21(33)29(6)24(31)36/h7-11,18-19H,12-16H2,1-6H3,(H,27,34)(H,28,35)/t18-,19?/m1/s1. The number of urea groups is 1. The molecule has 0 aromatic heterocycles. The maximum Gasteiger partial charge on any atom is 0.408 e. The van der Waals surface area contributed by atoms with Gasteiger partial charge in [0.1, 0.15) is 23.2 Å². The van der Waals surface area contributed by atoms with Crippen molar-refractivity contribution in [3.05, 3.63) is 35.9 Å². The molecular formula is C26H37N5O7. The van der Waals surface area contributed by atoms with E-state index < -0.39 is 47.2 Å². The molecule has 0 aliphatic carbocycles. The van der Waals surface area contributed by atoms with Crippen molar-refractivity contribution in [2.75, 3.05) is 33.3 Å². The van der Waals surface area contributed by atoms with Crippen LogP contribution in [0.1, 0.15) is 40.2 Å². The molecule has 2 atom stereocenters. The number of piperazine rings is 1. The number of alkyl carbamates (subject to hydrolysis) is 1. The zero-order valence-corrected chi connectivity index (χ0v) is 22.8. The zero-order valence-electron chi connectivity index (χ0n) is 22.8. The van der Waals surface area contributed by atoms with Crippen molar-refractivity contribution in [3.8, 4) is 0 Å². The van der Waals surface area contributed by atoms with Crippen LogP contribution in [-0.2, 0) is 30.5 Å². The number of carbonyl (C=O) groups excluding carboxylic acids is 5. The molecule has 0 radical (unpaired) electrons. The molecule has 2 heterocycles. The fourth-order valence-electron chi connectivity index (χ4n) is 4.15. The molecule has 0 bridgehead atoms. The smallest absolute Gasteiger partial charge is 0.408 e. The molecule has 1 aromatic carbocycles. The molecule has 2 aliphatic heterocycles. The first-order valence-corrected chi connectivity index (χ1v) is 12.5. The fourth-order valence-corrected chi connectivity index (χ4v) is 4.15. The van der Waals surface area contributed by atoms with Crippen LogP contribution in [0.25, 0.3) is 0 Å². The van der Waals surface area contributed by atoms with E-state index in [0.29, 0.717) is 0 Å². The zero-order chi connectivity index (χ0) is 28.3.